The molecule has 0 spiro atoms. The van der Waals surface area contributed by atoms with Gasteiger partial charge in [0.05, 0.1) is 0 Å². The number of carbonyl (C=O) groups excluding carboxylic acids is 1. The first kappa shape index (κ1) is 13.2. The maximum atomic E-state index is 11.2. The van der Waals surface area contributed by atoms with Crippen LogP contribution in [-0.4, -0.2) is 19.2 Å². The third-order valence-corrected chi connectivity index (χ3v) is 1.59. The highest BCUT2D eigenvalue weighted by molar-refractivity contribution is 5.96. The van der Waals surface area contributed by atoms with Gasteiger partial charge in [0.25, 0.3) is 5.91 Å². The van der Waals surface area contributed by atoms with Gasteiger partial charge in [-0.25, -0.2) is 0 Å². The molecule has 82 valence electrons. The Morgan fingerprint density at radius 1 is 1.40 bits per heavy atom. The van der Waals surface area contributed by atoms with Crippen LogP contribution in [0.3, 0.4) is 0 Å². The predicted molar refractivity (Wildman–Crippen MR) is 63.4 cm³/mol. The fraction of sp³-hybridized carbons (Fsp3) is 0.273. The summed E-state index contributed by atoms with van der Waals surface area (Å²) in [7, 11) is 1.58. The van der Waals surface area contributed by atoms with E-state index in [1.54, 1.807) is 25.4 Å². The van der Waals surface area contributed by atoms with E-state index in [1.807, 2.05) is 13.8 Å². The molecule has 0 aromatic rings. The second-order valence-corrected chi connectivity index (χ2v) is 2.75. The van der Waals surface area contributed by atoms with Gasteiger partial charge in [0.2, 0.25) is 0 Å². The Bertz CT molecular complexity index is 314. The van der Waals surface area contributed by atoms with Crippen LogP contribution in [0.25, 0.3) is 0 Å². The second-order valence-electron chi connectivity index (χ2n) is 2.75. The monoisotopic (exact) mass is 207 g/mol. The number of carbonyl (C=O) groups is 1. The molecule has 0 heterocycles. The number of hydrogen-bond donors (Lipinski definition) is 2. The van der Waals surface area contributed by atoms with E-state index >= 15 is 0 Å². The Hall–Kier alpha value is -1.84. The van der Waals surface area contributed by atoms with Gasteiger partial charge in [-0.05, 0) is 26.0 Å². The summed E-state index contributed by atoms with van der Waals surface area (Å²) in [6, 6.07) is 0. The van der Waals surface area contributed by atoms with Gasteiger partial charge in [0.1, 0.15) is 0 Å². The molecule has 0 aliphatic rings. The molecule has 0 saturated heterocycles. The van der Waals surface area contributed by atoms with E-state index in [1.165, 1.54) is 6.08 Å². The zero-order valence-corrected chi connectivity index (χ0v) is 9.37. The Balaban J connectivity index is 4.57. The SMILES string of the molecule is C=C/C(=C\C=C(/C)N/N=C\C)C(=O)NC. The summed E-state index contributed by atoms with van der Waals surface area (Å²) in [5.41, 5.74) is 4.15. The van der Waals surface area contributed by atoms with E-state index in [0.29, 0.717) is 5.57 Å². The van der Waals surface area contributed by atoms with Gasteiger partial charge < -0.3 is 5.32 Å². The highest BCUT2D eigenvalue weighted by Crippen LogP contribution is 1.98. The van der Waals surface area contributed by atoms with Crippen LogP contribution in [0.15, 0.2) is 41.2 Å². The molecule has 2 N–H and O–H groups in total. The molecule has 0 fully saturated rings. The van der Waals surface area contributed by atoms with Crippen molar-refractivity contribution in [2.75, 3.05) is 7.05 Å². The summed E-state index contributed by atoms with van der Waals surface area (Å²) in [5, 5.41) is 6.37. The zero-order valence-electron chi connectivity index (χ0n) is 9.37. The summed E-state index contributed by atoms with van der Waals surface area (Å²) in [6.07, 6.45) is 6.60. The number of nitrogens with one attached hydrogen (secondary N) is 2. The molecule has 0 aromatic carbocycles. The van der Waals surface area contributed by atoms with Gasteiger partial charge in [-0.2, -0.15) is 5.10 Å². The normalized spacial score (nSPS) is 12.7. The number of nitrogens with zero attached hydrogens (tertiary/aromatic N) is 1. The van der Waals surface area contributed by atoms with Crippen molar-refractivity contribution in [1.29, 1.82) is 0 Å². The Morgan fingerprint density at radius 3 is 2.53 bits per heavy atom. The lowest BCUT2D eigenvalue weighted by Gasteiger charge is -1.99. The van der Waals surface area contributed by atoms with Crippen LogP contribution < -0.4 is 10.7 Å². The Labute approximate surface area is 90.4 Å². The third-order valence-electron chi connectivity index (χ3n) is 1.59. The van der Waals surface area contributed by atoms with Crippen molar-refractivity contribution in [2.24, 2.45) is 5.10 Å². The van der Waals surface area contributed by atoms with Crippen molar-refractivity contribution >= 4 is 12.1 Å². The van der Waals surface area contributed by atoms with Gasteiger partial charge in [-0.3, -0.25) is 10.2 Å². The lowest BCUT2D eigenvalue weighted by atomic mass is 10.2. The second kappa shape index (κ2) is 7.55. The van der Waals surface area contributed by atoms with Crippen LogP contribution in [0, 0.1) is 0 Å². The van der Waals surface area contributed by atoms with Crippen LogP contribution >= 0.6 is 0 Å². The van der Waals surface area contributed by atoms with E-state index in [2.05, 4.69) is 22.4 Å². The maximum Gasteiger partial charge on any atom is 0.250 e. The van der Waals surface area contributed by atoms with Gasteiger partial charge in [0.15, 0.2) is 0 Å². The maximum absolute atomic E-state index is 11.2. The van der Waals surface area contributed by atoms with Gasteiger partial charge in [-0.15, -0.1) is 0 Å². The zero-order chi connectivity index (χ0) is 11.7. The van der Waals surface area contributed by atoms with Crippen LogP contribution in [0.1, 0.15) is 13.8 Å². The number of amides is 1. The van der Waals surface area contributed by atoms with E-state index in [0.717, 1.165) is 5.70 Å². The lowest BCUT2D eigenvalue weighted by molar-refractivity contribution is -0.116. The molecule has 0 atom stereocenters. The van der Waals surface area contributed by atoms with Gasteiger partial charge in [-0.1, -0.05) is 12.7 Å². The standard InChI is InChI=1S/C11H17N3O/c1-5-10(11(15)12-4)8-7-9(3)14-13-6-2/h5-8,14H,1H2,2-4H3,(H,12,15)/b9-7+,10-8+,13-6-. The van der Waals surface area contributed by atoms with Gasteiger partial charge in [0, 0.05) is 24.5 Å². The minimum absolute atomic E-state index is 0.159. The van der Waals surface area contributed by atoms with Crippen LogP contribution in [0.4, 0.5) is 0 Å². The molecular weight excluding hydrogens is 190 g/mol. The van der Waals surface area contributed by atoms with Crippen molar-refractivity contribution in [2.45, 2.75) is 13.8 Å². The first-order valence-corrected chi connectivity index (χ1v) is 4.62. The van der Waals surface area contributed by atoms with Crippen molar-refractivity contribution in [1.82, 2.24) is 10.7 Å². The Kier molecular flexibility index (Phi) is 6.63. The quantitative estimate of drug-likeness (QED) is 0.309. The average molecular weight is 207 g/mol. The predicted octanol–water partition coefficient (Wildman–Crippen LogP) is 1.34. The van der Waals surface area contributed by atoms with Crippen molar-refractivity contribution in [3.05, 3.63) is 36.1 Å². The number of likely N-dealkylation sites (N-methyl/N-ethyl adjacent to an activating group) is 1. The van der Waals surface area contributed by atoms with Crippen LogP contribution in [0.5, 0.6) is 0 Å². The molecule has 0 unspecified atom stereocenters. The molecule has 0 saturated carbocycles. The fourth-order valence-corrected chi connectivity index (χ4v) is 0.799. The highest BCUT2D eigenvalue weighted by Gasteiger charge is 1.99. The molecule has 0 rings (SSSR count). The Morgan fingerprint density at radius 2 is 2.07 bits per heavy atom. The molecule has 0 aliphatic heterocycles. The third kappa shape index (κ3) is 5.46. The topological polar surface area (TPSA) is 53.5 Å². The minimum Gasteiger partial charge on any atom is -0.355 e. The molecule has 4 heteroatoms. The van der Waals surface area contributed by atoms with Crippen LogP contribution in [-0.2, 0) is 4.79 Å². The van der Waals surface area contributed by atoms with E-state index in [-0.39, 0.29) is 5.91 Å². The van der Waals surface area contributed by atoms with Crippen LogP contribution in [0.2, 0.25) is 0 Å². The highest BCUT2D eigenvalue weighted by atomic mass is 16.1. The molecule has 0 aromatic heterocycles. The van der Waals surface area contributed by atoms with Gasteiger partial charge >= 0.3 is 0 Å². The molecule has 0 aliphatic carbocycles. The summed E-state index contributed by atoms with van der Waals surface area (Å²) in [4.78, 5) is 11.2. The van der Waals surface area contributed by atoms with E-state index in [9.17, 15) is 4.79 Å². The smallest absolute Gasteiger partial charge is 0.250 e. The first-order chi connectivity index (χ1) is 7.15. The molecule has 15 heavy (non-hydrogen) atoms. The first-order valence-electron chi connectivity index (χ1n) is 4.62. The molecule has 1 amide bonds. The fourth-order valence-electron chi connectivity index (χ4n) is 0.799. The van der Waals surface area contributed by atoms with E-state index < -0.39 is 0 Å². The number of hydrazone groups is 1. The molecular formula is C11H17N3O. The molecule has 0 radical (unpaired) electrons. The van der Waals surface area contributed by atoms with Crippen molar-refractivity contribution < 1.29 is 4.79 Å². The summed E-state index contributed by atoms with van der Waals surface area (Å²) in [5.74, 6) is -0.159. The minimum atomic E-state index is -0.159. The molecule has 4 nitrogen and oxygen atoms in total. The number of hydrogen-bond acceptors (Lipinski definition) is 3. The average Bonchev–Trinajstić information content (AvgIpc) is 2.26. The van der Waals surface area contributed by atoms with Crippen molar-refractivity contribution in [3.8, 4) is 0 Å². The number of rotatable bonds is 5. The summed E-state index contributed by atoms with van der Waals surface area (Å²) in [6.45, 7) is 7.23. The lowest BCUT2D eigenvalue weighted by Crippen LogP contribution is -2.18. The summed E-state index contributed by atoms with van der Waals surface area (Å²) < 4.78 is 0. The van der Waals surface area contributed by atoms with E-state index in [4.69, 9.17) is 0 Å². The largest absolute Gasteiger partial charge is 0.355 e. The molecule has 0 bridgehead atoms. The number of allylic oxidation sites excluding steroid dienone is 3. The summed E-state index contributed by atoms with van der Waals surface area (Å²) >= 11 is 0. The van der Waals surface area contributed by atoms with Crippen molar-refractivity contribution in [3.63, 3.8) is 0 Å².